The van der Waals surface area contributed by atoms with Crippen LogP contribution in [0.25, 0.3) is 0 Å². The Balaban J connectivity index is 1.66. The molecule has 0 radical (unpaired) electrons. The van der Waals surface area contributed by atoms with E-state index >= 15 is 0 Å². The summed E-state index contributed by atoms with van der Waals surface area (Å²) in [6.45, 7) is 1.64. The first-order valence-electron chi connectivity index (χ1n) is 10.0. The highest BCUT2D eigenvalue weighted by Gasteiger charge is 2.28. The van der Waals surface area contributed by atoms with E-state index in [1.165, 1.54) is 16.4 Å². The van der Waals surface area contributed by atoms with Crippen LogP contribution in [0.5, 0.6) is 0 Å². The van der Waals surface area contributed by atoms with Crippen molar-refractivity contribution in [2.75, 3.05) is 31.2 Å². The minimum Gasteiger partial charge on any atom is -0.379 e. The molecule has 1 fully saturated rings. The molecule has 0 bridgehead atoms. The molecule has 3 aromatic rings. The van der Waals surface area contributed by atoms with Crippen LogP contribution >= 0.6 is 0 Å². The van der Waals surface area contributed by atoms with E-state index in [0.717, 1.165) is 5.56 Å². The van der Waals surface area contributed by atoms with Crippen LogP contribution in [0.3, 0.4) is 0 Å². The maximum absolute atomic E-state index is 13.5. The molecule has 7 nitrogen and oxygen atoms in total. The van der Waals surface area contributed by atoms with E-state index in [1.807, 2.05) is 36.4 Å². The third-order valence-electron chi connectivity index (χ3n) is 5.04. The summed E-state index contributed by atoms with van der Waals surface area (Å²) in [4.78, 5) is 19.4. The maximum Gasteiger partial charge on any atom is 0.259 e. The molecule has 0 saturated carbocycles. The number of aromatic nitrogens is 1. The molecule has 0 atom stereocenters. The number of benzene rings is 2. The van der Waals surface area contributed by atoms with Gasteiger partial charge in [0.05, 0.1) is 24.7 Å². The summed E-state index contributed by atoms with van der Waals surface area (Å²) in [6.07, 6.45) is 1.62. The van der Waals surface area contributed by atoms with Gasteiger partial charge in [-0.05, 0) is 35.9 Å². The molecule has 8 heteroatoms. The van der Waals surface area contributed by atoms with Gasteiger partial charge in [0.25, 0.3) is 5.91 Å². The van der Waals surface area contributed by atoms with Gasteiger partial charge in [0.2, 0.25) is 10.0 Å². The maximum atomic E-state index is 13.5. The summed E-state index contributed by atoms with van der Waals surface area (Å²) in [6, 6.07) is 21.1. The van der Waals surface area contributed by atoms with E-state index in [2.05, 4.69) is 4.98 Å². The largest absolute Gasteiger partial charge is 0.379 e. The van der Waals surface area contributed by atoms with Crippen molar-refractivity contribution >= 4 is 21.7 Å². The number of amides is 1. The Bertz CT molecular complexity index is 1130. The number of hydrogen-bond donors (Lipinski definition) is 0. The number of pyridine rings is 1. The molecule has 1 aromatic heterocycles. The highest BCUT2D eigenvalue weighted by atomic mass is 32.2. The first kappa shape index (κ1) is 21.2. The number of hydrogen-bond acceptors (Lipinski definition) is 5. The van der Waals surface area contributed by atoms with E-state index in [1.54, 1.807) is 35.4 Å². The van der Waals surface area contributed by atoms with Crippen molar-refractivity contribution in [1.82, 2.24) is 9.29 Å². The van der Waals surface area contributed by atoms with Crippen molar-refractivity contribution in [2.45, 2.75) is 11.4 Å². The Kier molecular flexibility index (Phi) is 6.41. The van der Waals surface area contributed by atoms with Gasteiger partial charge in [0.1, 0.15) is 5.82 Å². The molecule has 2 heterocycles. The minimum absolute atomic E-state index is 0.0981. The van der Waals surface area contributed by atoms with Crippen LogP contribution in [0.2, 0.25) is 0 Å². The number of ether oxygens (including phenoxy) is 1. The Hall–Kier alpha value is -3.07. The smallest absolute Gasteiger partial charge is 0.259 e. The highest BCUT2D eigenvalue weighted by Crippen LogP contribution is 2.22. The first-order chi connectivity index (χ1) is 15.1. The lowest BCUT2D eigenvalue weighted by atomic mass is 10.1. The molecule has 0 spiro atoms. The van der Waals surface area contributed by atoms with Crippen LogP contribution < -0.4 is 4.90 Å². The third-order valence-corrected chi connectivity index (χ3v) is 6.94. The van der Waals surface area contributed by atoms with Gasteiger partial charge in [0.15, 0.2) is 0 Å². The molecule has 1 saturated heterocycles. The van der Waals surface area contributed by atoms with Crippen LogP contribution in [-0.4, -0.2) is 49.9 Å². The Morgan fingerprint density at radius 3 is 2.42 bits per heavy atom. The molecule has 0 unspecified atom stereocenters. The van der Waals surface area contributed by atoms with Crippen LogP contribution in [-0.2, 0) is 21.3 Å². The Morgan fingerprint density at radius 2 is 1.71 bits per heavy atom. The predicted octanol–water partition coefficient (Wildman–Crippen LogP) is 2.95. The molecule has 4 rings (SSSR count). The second kappa shape index (κ2) is 9.38. The van der Waals surface area contributed by atoms with Gasteiger partial charge < -0.3 is 4.74 Å². The molecule has 2 aromatic carbocycles. The average Bonchev–Trinajstić information content (AvgIpc) is 2.84. The lowest BCUT2D eigenvalue weighted by Gasteiger charge is -2.26. The molecule has 1 aliphatic heterocycles. The molecule has 1 aliphatic rings. The SMILES string of the molecule is O=C(c1cccc(S(=O)(=O)N2CCOCC2)c1)N(Cc1ccccc1)c1ccccn1. The molecular formula is C23H23N3O4S. The second-order valence-corrected chi connectivity index (χ2v) is 9.05. The number of sulfonamides is 1. The van der Waals surface area contributed by atoms with Crippen molar-refractivity contribution in [3.05, 3.63) is 90.1 Å². The van der Waals surface area contributed by atoms with E-state index in [0.29, 0.717) is 38.7 Å². The van der Waals surface area contributed by atoms with Gasteiger partial charge >= 0.3 is 0 Å². The number of carbonyl (C=O) groups is 1. The lowest BCUT2D eigenvalue weighted by molar-refractivity contribution is 0.0730. The third kappa shape index (κ3) is 4.82. The van der Waals surface area contributed by atoms with Gasteiger partial charge in [-0.3, -0.25) is 9.69 Å². The van der Waals surface area contributed by atoms with E-state index < -0.39 is 10.0 Å². The van der Waals surface area contributed by atoms with Crippen molar-refractivity contribution in [3.8, 4) is 0 Å². The highest BCUT2D eigenvalue weighted by molar-refractivity contribution is 7.89. The van der Waals surface area contributed by atoms with Gasteiger partial charge in [-0.25, -0.2) is 13.4 Å². The second-order valence-electron chi connectivity index (χ2n) is 7.11. The van der Waals surface area contributed by atoms with Crippen LogP contribution in [0.1, 0.15) is 15.9 Å². The minimum atomic E-state index is -3.70. The topological polar surface area (TPSA) is 79.8 Å². The molecular weight excluding hydrogens is 414 g/mol. The Morgan fingerprint density at radius 1 is 0.968 bits per heavy atom. The van der Waals surface area contributed by atoms with E-state index in [9.17, 15) is 13.2 Å². The van der Waals surface area contributed by atoms with Crippen molar-refractivity contribution in [2.24, 2.45) is 0 Å². The number of carbonyl (C=O) groups excluding carboxylic acids is 1. The predicted molar refractivity (Wildman–Crippen MR) is 117 cm³/mol. The van der Waals surface area contributed by atoms with Gasteiger partial charge in [-0.2, -0.15) is 4.31 Å². The van der Waals surface area contributed by atoms with E-state index in [4.69, 9.17) is 4.74 Å². The van der Waals surface area contributed by atoms with Crippen LogP contribution in [0.15, 0.2) is 83.9 Å². The fourth-order valence-corrected chi connectivity index (χ4v) is 4.87. The van der Waals surface area contributed by atoms with Crippen molar-refractivity contribution in [3.63, 3.8) is 0 Å². The molecule has 160 valence electrons. The summed E-state index contributed by atoms with van der Waals surface area (Å²) in [7, 11) is -3.70. The van der Waals surface area contributed by atoms with E-state index in [-0.39, 0.29) is 16.4 Å². The number of morpholine rings is 1. The number of nitrogens with zero attached hydrogens (tertiary/aromatic N) is 3. The zero-order chi connectivity index (χ0) is 21.7. The van der Waals surface area contributed by atoms with Crippen molar-refractivity contribution < 1.29 is 17.9 Å². The Labute approximate surface area is 182 Å². The molecule has 1 amide bonds. The van der Waals surface area contributed by atoms with Crippen LogP contribution in [0.4, 0.5) is 5.82 Å². The lowest BCUT2D eigenvalue weighted by Crippen LogP contribution is -2.40. The van der Waals surface area contributed by atoms with Gasteiger partial charge in [0, 0.05) is 24.8 Å². The summed E-state index contributed by atoms with van der Waals surface area (Å²) in [5.41, 5.74) is 1.23. The summed E-state index contributed by atoms with van der Waals surface area (Å²) >= 11 is 0. The summed E-state index contributed by atoms with van der Waals surface area (Å²) in [5, 5.41) is 0. The first-order valence-corrected chi connectivity index (χ1v) is 11.4. The normalized spacial score (nSPS) is 14.8. The fraction of sp³-hybridized carbons (Fsp3) is 0.217. The number of anilines is 1. The zero-order valence-electron chi connectivity index (χ0n) is 16.9. The average molecular weight is 438 g/mol. The molecule has 31 heavy (non-hydrogen) atoms. The van der Waals surface area contributed by atoms with Gasteiger partial charge in [-0.1, -0.05) is 42.5 Å². The summed E-state index contributed by atoms with van der Waals surface area (Å²) < 4.78 is 32.7. The monoisotopic (exact) mass is 437 g/mol. The van der Waals surface area contributed by atoms with Crippen molar-refractivity contribution in [1.29, 1.82) is 0 Å². The van der Waals surface area contributed by atoms with Crippen LogP contribution in [0, 0.1) is 0 Å². The van der Waals surface area contributed by atoms with Gasteiger partial charge in [-0.15, -0.1) is 0 Å². The standard InChI is InChI=1S/C23H23N3O4S/c27-23(26(22-11-4-5-12-24-22)18-19-7-2-1-3-8-19)20-9-6-10-21(17-20)31(28,29)25-13-15-30-16-14-25/h1-12,17H,13-16,18H2. The number of rotatable bonds is 6. The molecule has 0 N–H and O–H groups in total. The quantitative estimate of drug-likeness (QED) is 0.592. The fourth-order valence-electron chi connectivity index (χ4n) is 3.42. The molecule has 0 aliphatic carbocycles. The summed E-state index contributed by atoms with van der Waals surface area (Å²) in [5.74, 6) is 0.180. The zero-order valence-corrected chi connectivity index (χ0v) is 17.7.